The second kappa shape index (κ2) is 10.7. The van der Waals surface area contributed by atoms with Crippen LogP contribution in [0.25, 0.3) is 0 Å². The summed E-state index contributed by atoms with van der Waals surface area (Å²) in [6.07, 6.45) is 2.78. The second-order valence-corrected chi connectivity index (χ2v) is 13.3. The normalized spacial score (nSPS) is 30.9. The van der Waals surface area contributed by atoms with Crippen LogP contribution in [0.3, 0.4) is 0 Å². The van der Waals surface area contributed by atoms with E-state index in [1.54, 1.807) is 6.92 Å². The van der Waals surface area contributed by atoms with Gasteiger partial charge in [-0.25, -0.2) is 9.48 Å². The van der Waals surface area contributed by atoms with Crippen molar-refractivity contribution in [3.63, 3.8) is 0 Å². The van der Waals surface area contributed by atoms with Crippen LogP contribution < -0.4 is 16.4 Å². The maximum atomic E-state index is 13.2. The van der Waals surface area contributed by atoms with Crippen LogP contribution in [-0.2, 0) is 25.7 Å². The third-order valence-corrected chi connectivity index (χ3v) is 10.2. The summed E-state index contributed by atoms with van der Waals surface area (Å²) in [6, 6.07) is -1.19. The number of hydrogen-bond acceptors (Lipinski definition) is 10. The minimum Gasteiger partial charge on any atom is -0.477 e. The molecule has 4 aliphatic heterocycles. The van der Waals surface area contributed by atoms with Crippen LogP contribution in [0, 0.1) is 17.8 Å². The first-order chi connectivity index (χ1) is 18.9. The number of nitrogens with two attached hydrogens (primary N) is 1. The van der Waals surface area contributed by atoms with Crippen molar-refractivity contribution in [1.29, 1.82) is 0 Å². The number of nitrogens with one attached hydrogen (secondary N) is 2. The number of thioether (sulfide) groups is 1. The lowest BCUT2D eigenvalue weighted by molar-refractivity contribution is -0.158. The first-order valence-electron chi connectivity index (χ1n) is 13.6. The van der Waals surface area contributed by atoms with Crippen molar-refractivity contribution in [1.82, 2.24) is 40.6 Å². The highest BCUT2D eigenvalue weighted by Gasteiger charge is 2.60. The summed E-state index contributed by atoms with van der Waals surface area (Å²) >= 11 is 1.45. The molecule has 0 saturated carbocycles. The number of β-lactam (4-membered cyclic amide) rings is 1. The van der Waals surface area contributed by atoms with Gasteiger partial charge in [0.1, 0.15) is 18.6 Å². The molecule has 3 saturated heterocycles. The van der Waals surface area contributed by atoms with Crippen LogP contribution in [0.4, 0.5) is 0 Å². The van der Waals surface area contributed by atoms with Crippen LogP contribution >= 0.6 is 11.8 Å². The zero-order valence-corrected chi connectivity index (χ0v) is 23.9. The molecule has 5 heterocycles. The quantitative estimate of drug-likeness (QED) is 0.264. The largest absolute Gasteiger partial charge is 0.477 e. The number of rotatable bonds is 9. The van der Waals surface area contributed by atoms with Gasteiger partial charge >= 0.3 is 5.97 Å². The zero-order chi connectivity index (χ0) is 28.9. The Morgan fingerprint density at radius 3 is 2.73 bits per heavy atom. The number of carbonyl (C=O) groups excluding carboxylic acids is 3. The predicted molar refractivity (Wildman–Crippen MR) is 144 cm³/mol. The van der Waals surface area contributed by atoms with Crippen molar-refractivity contribution in [2.24, 2.45) is 23.5 Å². The minimum absolute atomic E-state index is 0.00855. The molecule has 5 rings (SSSR count). The molecular formula is C25H37N9O5S. The van der Waals surface area contributed by atoms with Crippen LogP contribution in [-0.4, -0.2) is 107 Å². The lowest BCUT2D eigenvalue weighted by atomic mass is 9.78. The molecule has 3 amide bonds. The van der Waals surface area contributed by atoms with Crippen molar-refractivity contribution < 1.29 is 24.3 Å². The van der Waals surface area contributed by atoms with Gasteiger partial charge in [0.25, 0.3) is 0 Å². The smallest absolute Gasteiger partial charge is 0.353 e. The highest BCUT2D eigenvalue weighted by molar-refractivity contribution is 8.03. The monoisotopic (exact) mass is 575 g/mol. The maximum Gasteiger partial charge on any atom is 0.353 e. The number of fused-ring (bicyclic) bond motifs is 1. The molecule has 4 aliphatic rings. The van der Waals surface area contributed by atoms with Crippen LogP contribution in [0.15, 0.2) is 16.9 Å². The third kappa shape index (κ3) is 5.21. The average Bonchev–Trinajstić information content (AvgIpc) is 3.66. The molecule has 3 fully saturated rings. The Hall–Kier alpha value is -3.04. The maximum absolute atomic E-state index is 13.2. The van der Waals surface area contributed by atoms with Crippen molar-refractivity contribution in [3.8, 4) is 0 Å². The molecule has 7 atom stereocenters. The Kier molecular flexibility index (Phi) is 7.65. The van der Waals surface area contributed by atoms with Gasteiger partial charge in [0.15, 0.2) is 0 Å². The summed E-state index contributed by atoms with van der Waals surface area (Å²) in [5.41, 5.74) is 5.94. The molecule has 1 aromatic rings. The van der Waals surface area contributed by atoms with Gasteiger partial charge in [-0.3, -0.25) is 14.4 Å². The number of tetrazole rings is 1. The van der Waals surface area contributed by atoms with E-state index >= 15 is 0 Å². The van der Waals surface area contributed by atoms with Crippen molar-refractivity contribution in [2.45, 2.75) is 76.0 Å². The van der Waals surface area contributed by atoms with E-state index in [-0.39, 0.29) is 64.7 Å². The molecule has 0 spiro atoms. The molecule has 0 bridgehead atoms. The SMILES string of the molecule is CC(NC(=O)Cn1cnnn1)[C@H]1C(=O)N2C(C(=O)O)=C(S[C@@H]3CN[C@H](C(=O)N4CC[C@H](C(C)(C)N)C4)C3)[C@H](C)[C@H]12. The number of likely N-dealkylation sites (tertiary alicyclic amines) is 1. The fraction of sp³-hybridized carbons (Fsp3) is 0.720. The van der Waals surface area contributed by atoms with Gasteiger partial charge in [0.05, 0.1) is 18.0 Å². The summed E-state index contributed by atoms with van der Waals surface area (Å²) in [5, 5.41) is 26.9. The Balaban J connectivity index is 1.21. The molecule has 14 nitrogen and oxygen atoms in total. The Bertz CT molecular complexity index is 1220. The number of nitrogens with zero attached hydrogens (tertiary/aromatic N) is 6. The molecule has 218 valence electrons. The highest BCUT2D eigenvalue weighted by atomic mass is 32.2. The van der Waals surface area contributed by atoms with Crippen LogP contribution in [0.5, 0.6) is 0 Å². The topological polar surface area (TPSA) is 189 Å². The van der Waals surface area contributed by atoms with E-state index < -0.39 is 17.9 Å². The molecule has 15 heteroatoms. The predicted octanol–water partition coefficient (Wildman–Crippen LogP) is -1.000. The number of hydrogen-bond donors (Lipinski definition) is 4. The van der Waals surface area contributed by atoms with Crippen molar-refractivity contribution >= 4 is 35.5 Å². The summed E-state index contributed by atoms with van der Waals surface area (Å²) in [7, 11) is 0. The van der Waals surface area contributed by atoms with Crippen molar-refractivity contribution in [2.75, 3.05) is 19.6 Å². The first kappa shape index (κ1) is 28.5. The summed E-state index contributed by atoms with van der Waals surface area (Å²) < 4.78 is 1.28. The van der Waals surface area contributed by atoms with Gasteiger partial charge in [-0.1, -0.05) is 6.92 Å². The van der Waals surface area contributed by atoms with Gasteiger partial charge in [0.2, 0.25) is 17.7 Å². The fourth-order valence-electron chi connectivity index (χ4n) is 6.43. The van der Waals surface area contributed by atoms with E-state index in [2.05, 4.69) is 26.2 Å². The van der Waals surface area contributed by atoms with E-state index in [1.165, 1.54) is 27.7 Å². The molecular weight excluding hydrogens is 538 g/mol. The summed E-state index contributed by atoms with van der Waals surface area (Å²) in [5.74, 6) is -2.26. The summed E-state index contributed by atoms with van der Waals surface area (Å²) in [6.45, 7) is 9.48. The summed E-state index contributed by atoms with van der Waals surface area (Å²) in [4.78, 5) is 55.0. The third-order valence-electron chi connectivity index (χ3n) is 8.65. The molecule has 0 aromatic carbocycles. The van der Waals surface area contributed by atoms with Gasteiger partial charge in [0, 0.05) is 47.3 Å². The van der Waals surface area contributed by atoms with Gasteiger partial charge in [-0.2, -0.15) is 0 Å². The average molecular weight is 576 g/mol. The molecule has 5 N–H and O–H groups in total. The molecule has 40 heavy (non-hydrogen) atoms. The lowest BCUT2D eigenvalue weighted by Crippen LogP contribution is -2.66. The Morgan fingerprint density at radius 1 is 1.35 bits per heavy atom. The number of carbonyl (C=O) groups is 4. The van der Waals surface area contributed by atoms with E-state index in [0.717, 1.165) is 6.42 Å². The standard InChI is InChI=1S/C25H37N9O5S/c1-12-19-18(13(2)29-17(35)10-33-11-28-30-31-33)23(37)34(19)20(24(38)39)21(12)40-15-7-16(27-8-15)22(36)32-6-5-14(9-32)25(3,4)26/h11-16,18-19,27H,5-10,26H2,1-4H3,(H,29,35)(H,38,39)/t12-,13?,14+,15+,16+,18-,19-/m1/s1. The van der Waals surface area contributed by atoms with Crippen LogP contribution in [0.2, 0.25) is 0 Å². The van der Waals surface area contributed by atoms with E-state index in [1.807, 2.05) is 25.7 Å². The lowest BCUT2D eigenvalue weighted by Gasteiger charge is -2.47. The number of amides is 3. The number of carboxylic acid groups (broad SMARTS) is 1. The second-order valence-electron chi connectivity index (χ2n) is 11.9. The number of carboxylic acids is 1. The molecule has 1 aromatic heterocycles. The van der Waals surface area contributed by atoms with Crippen molar-refractivity contribution in [3.05, 3.63) is 16.9 Å². The molecule has 1 unspecified atom stereocenters. The fourth-order valence-corrected chi connectivity index (χ4v) is 7.91. The minimum atomic E-state index is -1.15. The Morgan fingerprint density at radius 2 is 2.10 bits per heavy atom. The van der Waals surface area contributed by atoms with E-state index in [9.17, 15) is 24.3 Å². The van der Waals surface area contributed by atoms with Gasteiger partial charge in [-0.05, 0) is 50.0 Å². The molecule has 0 aliphatic carbocycles. The highest BCUT2D eigenvalue weighted by Crippen LogP contribution is 2.52. The first-order valence-corrected chi connectivity index (χ1v) is 14.5. The number of aliphatic carboxylic acids is 1. The Labute approximate surface area is 236 Å². The van der Waals surface area contributed by atoms with E-state index in [0.29, 0.717) is 31.0 Å². The van der Waals surface area contributed by atoms with E-state index in [4.69, 9.17) is 5.73 Å². The van der Waals surface area contributed by atoms with Crippen LogP contribution in [0.1, 0.15) is 40.5 Å². The number of aromatic nitrogens is 4. The van der Waals surface area contributed by atoms with Gasteiger partial charge < -0.3 is 31.3 Å². The molecule has 0 radical (unpaired) electrons. The van der Waals surface area contributed by atoms with Gasteiger partial charge in [-0.15, -0.1) is 16.9 Å². The zero-order valence-electron chi connectivity index (χ0n) is 23.1.